The van der Waals surface area contributed by atoms with Crippen LogP contribution in [0.15, 0.2) is 24.3 Å². The summed E-state index contributed by atoms with van der Waals surface area (Å²) in [5, 5.41) is 0. The van der Waals surface area contributed by atoms with Crippen molar-refractivity contribution in [3.63, 3.8) is 0 Å². The fraction of sp³-hybridized carbons (Fsp3) is 0.200. The molecule has 0 aliphatic rings. The van der Waals surface area contributed by atoms with Gasteiger partial charge in [-0.2, -0.15) is 12.6 Å². The number of hydrogen-bond donors (Lipinski definition) is 2. The molecule has 0 fully saturated rings. The van der Waals surface area contributed by atoms with Crippen molar-refractivity contribution in [2.24, 2.45) is 0 Å². The zero-order valence-electron chi connectivity index (χ0n) is 7.20. The summed E-state index contributed by atoms with van der Waals surface area (Å²) in [5.74, 6) is 0.473. The van der Waals surface area contributed by atoms with Crippen LogP contribution < -0.4 is 5.73 Å². The van der Waals surface area contributed by atoms with Crippen molar-refractivity contribution >= 4 is 24.4 Å². The standard InChI is InChI=1S/C10H12FNS/c11-9-5-3-6-10(12)8(9)4-1-2-7-13/h1,3-6,13H,2,7,12H2. The average Bonchev–Trinajstić information content (AvgIpc) is 2.10. The van der Waals surface area contributed by atoms with Crippen LogP contribution in [0, 0.1) is 5.82 Å². The largest absolute Gasteiger partial charge is 0.398 e. The van der Waals surface area contributed by atoms with Crippen LogP contribution in [0.2, 0.25) is 0 Å². The highest BCUT2D eigenvalue weighted by Crippen LogP contribution is 2.17. The summed E-state index contributed by atoms with van der Waals surface area (Å²) < 4.78 is 13.1. The molecule has 0 aromatic heterocycles. The van der Waals surface area contributed by atoms with E-state index in [1.54, 1.807) is 18.2 Å². The molecule has 0 spiro atoms. The van der Waals surface area contributed by atoms with Crippen LogP contribution in [0.3, 0.4) is 0 Å². The maximum Gasteiger partial charge on any atom is 0.132 e. The molecule has 1 rings (SSSR count). The molecule has 1 nitrogen and oxygen atoms in total. The van der Waals surface area contributed by atoms with Gasteiger partial charge in [0.05, 0.1) is 0 Å². The lowest BCUT2D eigenvalue weighted by Crippen LogP contribution is -1.91. The molecule has 0 bridgehead atoms. The molecule has 0 atom stereocenters. The first kappa shape index (κ1) is 10.1. The Hall–Kier alpha value is -0.960. The van der Waals surface area contributed by atoms with Crippen molar-refractivity contribution in [1.82, 2.24) is 0 Å². The second kappa shape index (κ2) is 4.92. The third-order valence-corrected chi connectivity index (χ3v) is 1.93. The van der Waals surface area contributed by atoms with Gasteiger partial charge in [-0.05, 0) is 24.3 Å². The predicted octanol–water partition coefficient (Wildman–Crippen LogP) is 2.74. The van der Waals surface area contributed by atoms with E-state index < -0.39 is 0 Å². The minimum Gasteiger partial charge on any atom is -0.398 e. The van der Waals surface area contributed by atoms with Gasteiger partial charge >= 0.3 is 0 Å². The molecule has 0 radical (unpaired) electrons. The molecular weight excluding hydrogens is 185 g/mol. The second-order valence-electron chi connectivity index (χ2n) is 2.66. The normalized spacial score (nSPS) is 10.9. The summed E-state index contributed by atoms with van der Waals surface area (Å²) in [6.45, 7) is 0. The van der Waals surface area contributed by atoms with Crippen molar-refractivity contribution in [3.05, 3.63) is 35.7 Å². The fourth-order valence-corrected chi connectivity index (χ4v) is 1.15. The highest BCUT2D eigenvalue weighted by Gasteiger charge is 2.00. The van der Waals surface area contributed by atoms with E-state index in [4.69, 9.17) is 5.73 Å². The van der Waals surface area contributed by atoms with Gasteiger partial charge in [0.25, 0.3) is 0 Å². The van der Waals surface area contributed by atoms with Crippen LogP contribution in [0.1, 0.15) is 12.0 Å². The smallest absolute Gasteiger partial charge is 0.132 e. The third-order valence-electron chi connectivity index (χ3n) is 1.67. The Morgan fingerprint density at radius 2 is 2.23 bits per heavy atom. The number of anilines is 1. The van der Waals surface area contributed by atoms with Gasteiger partial charge in [-0.3, -0.25) is 0 Å². The zero-order valence-corrected chi connectivity index (χ0v) is 8.10. The molecule has 0 aliphatic carbocycles. The molecule has 1 aromatic carbocycles. The van der Waals surface area contributed by atoms with Crippen LogP contribution in [-0.2, 0) is 0 Å². The number of nitrogens with two attached hydrogens (primary N) is 1. The monoisotopic (exact) mass is 197 g/mol. The lowest BCUT2D eigenvalue weighted by molar-refractivity contribution is 0.626. The van der Waals surface area contributed by atoms with E-state index in [9.17, 15) is 4.39 Å². The van der Waals surface area contributed by atoms with Gasteiger partial charge < -0.3 is 5.73 Å². The Balaban J connectivity index is 2.87. The first-order valence-electron chi connectivity index (χ1n) is 4.07. The molecule has 3 heteroatoms. The molecule has 0 saturated heterocycles. The second-order valence-corrected chi connectivity index (χ2v) is 3.10. The quantitative estimate of drug-likeness (QED) is 0.565. The molecule has 1 aromatic rings. The molecule has 0 unspecified atom stereocenters. The van der Waals surface area contributed by atoms with E-state index in [0.717, 1.165) is 12.2 Å². The maximum atomic E-state index is 13.1. The summed E-state index contributed by atoms with van der Waals surface area (Å²) in [5.41, 5.74) is 6.52. The highest BCUT2D eigenvalue weighted by molar-refractivity contribution is 7.80. The van der Waals surface area contributed by atoms with E-state index in [2.05, 4.69) is 12.6 Å². The van der Waals surface area contributed by atoms with Crippen molar-refractivity contribution in [3.8, 4) is 0 Å². The number of thiol groups is 1. The van der Waals surface area contributed by atoms with Gasteiger partial charge in [0, 0.05) is 11.3 Å². The molecule has 0 amide bonds. The average molecular weight is 197 g/mol. The molecule has 0 aliphatic heterocycles. The van der Waals surface area contributed by atoms with Crippen LogP contribution in [-0.4, -0.2) is 5.75 Å². The molecule has 0 heterocycles. The summed E-state index contributed by atoms with van der Waals surface area (Å²) in [4.78, 5) is 0. The van der Waals surface area contributed by atoms with Crippen LogP contribution in [0.25, 0.3) is 6.08 Å². The maximum absolute atomic E-state index is 13.1. The van der Waals surface area contributed by atoms with E-state index in [1.807, 2.05) is 6.08 Å². The van der Waals surface area contributed by atoms with Crippen molar-refractivity contribution in [2.45, 2.75) is 6.42 Å². The molecule has 70 valence electrons. The number of rotatable bonds is 3. The number of nitrogen functional groups attached to an aromatic ring is 1. The number of allylic oxidation sites excluding steroid dienone is 1. The Kier molecular flexibility index (Phi) is 3.83. The minimum atomic E-state index is -0.282. The first-order valence-corrected chi connectivity index (χ1v) is 4.70. The predicted molar refractivity (Wildman–Crippen MR) is 58.3 cm³/mol. The van der Waals surface area contributed by atoms with E-state index in [1.165, 1.54) is 6.07 Å². The Bertz CT molecular complexity index is 290. The van der Waals surface area contributed by atoms with Gasteiger partial charge in [0.15, 0.2) is 0 Å². The summed E-state index contributed by atoms with van der Waals surface area (Å²) in [6.07, 6.45) is 4.37. The zero-order chi connectivity index (χ0) is 9.68. The minimum absolute atomic E-state index is 0.282. The van der Waals surface area contributed by atoms with E-state index >= 15 is 0 Å². The molecular formula is C10H12FNS. The molecule has 2 N–H and O–H groups in total. The number of benzene rings is 1. The van der Waals surface area contributed by atoms with E-state index in [-0.39, 0.29) is 5.82 Å². The van der Waals surface area contributed by atoms with Gasteiger partial charge in [-0.25, -0.2) is 4.39 Å². The van der Waals surface area contributed by atoms with Gasteiger partial charge in [-0.15, -0.1) is 0 Å². The van der Waals surface area contributed by atoms with Crippen LogP contribution in [0.5, 0.6) is 0 Å². The SMILES string of the molecule is Nc1cccc(F)c1C=CCCS. The highest BCUT2D eigenvalue weighted by atomic mass is 32.1. The topological polar surface area (TPSA) is 26.0 Å². The number of halogens is 1. The van der Waals surface area contributed by atoms with Crippen molar-refractivity contribution in [2.75, 3.05) is 11.5 Å². The van der Waals surface area contributed by atoms with Gasteiger partial charge in [0.2, 0.25) is 0 Å². The Morgan fingerprint density at radius 3 is 2.85 bits per heavy atom. The van der Waals surface area contributed by atoms with Crippen molar-refractivity contribution in [1.29, 1.82) is 0 Å². The lowest BCUT2D eigenvalue weighted by atomic mass is 10.1. The number of hydrogen-bond acceptors (Lipinski definition) is 2. The third kappa shape index (κ3) is 2.77. The Labute approximate surface area is 82.9 Å². The lowest BCUT2D eigenvalue weighted by Gasteiger charge is -2.00. The fourth-order valence-electron chi connectivity index (χ4n) is 1.01. The van der Waals surface area contributed by atoms with Gasteiger partial charge in [0.1, 0.15) is 5.82 Å². The van der Waals surface area contributed by atoms with Crippen molar-refractivity contribution < 1.29 is 4.39 Å². The summed E-state index contributed by atoms with van der Waals surface area (Å²) in [7, 11) is 0. The molecule has 13 heavy (non-hydrogen) atoms. The molecule has 0 saturated carbocycles. The first-order chi connectivity index (χ1) is 6.25. The van der Waals surface area contributed by atoms with Crippen LogP contribution >= 0.6 is 12.6 Å². The van der Waals surface area contributed by atoms with Crippen LogP contribution in [0.4, 0.5) is 10.1 Å². The van der Waals surface area contributed by atoms with E-state index in [0.29, 0.717) is 11.3 Å². The summed E-state index contributed by atoms with van der Waals surface area (Å²) >= 11 is 4.04. The van der Waals surface area contributed by atoms with Gasteiger partial charge in [-0.1, -0.05) is 18.2 Å². The summed E-state index contributed by atoms with van der Waals surface area (Å²) in [6, 6.07) is 4.68. The Morgan fingerprint density at radius 1 is 1.46 bits per heavy atom.